The minimum Gasteiger partial charge on any atom is -0.418 e. The van der Waals surface area contributed by atoms with Crippen molar-refractivity contribution >= 4 is 11.9 Å². The third kappa shape index (κ3) is 6.64. The number of carbonyl (C=O) groups is 2. The van der Waals surface area contributed by atoms with Gasteiger partial charge in [-0.05, 0) is 42.0 Å². The standard InChI is InChI=1S/C21H11F8N3O4/c22-12-2-1-7-30-17(12)16(10-3-6-15(13(23)8-10)36-21(27,28)29)32-18(33)14-5-4-11(9-31-14)35-19(34)20(24,25)26/h1-9,16H,(H,32,33)/t16-/m0/s1. The molecule has 3 aromatic rings. The molecule has 3 rings (SSSR count). The lowest BCUT2D eigenvalue weighted by molar-refractivity contribution is -0.275. The van der Waals surface area contributed by atoms with Gasteiger partial charge in [-0.3, -0.25) is 9.78 Å². The van der Waals surface area contributed by atoms with E-state index in [2.05, 4.69) is 24.8 Å². The van der Waals surface area contributed by atoms with Gasteiger partial charge in [0.1, 0.15) is 23.0 Å². The molecule has 0 unspecified atom stereocenters. The van der Waals surface area contributed by atoms with Crippen LogP contribution in [0.15, 0.2) is 54.9 Å². The van der Waals surface area contributed by atoms with E-state index in [1.807, 2.05) is 0 Å². The molecule has 2 heterocycles. The van der Waals surface area contributed by atoms with Crippen LogP contribution in [0.4, 0.5) is 35.1 Å². The smallest absolute Gasteiger partial charge is 0.418 e. The summed E-state index contributed by atoms with van der Waals surface area (Å²) in [7, 11) is 0. The molecular weight excluding hydrogens is 510 g/mol. The van der Waals surface area contributed by atoms with Crippen LogP contribution in [0.3, 0.4) is 0 Å². The Morgan fingerprint density at radius 3 is 2.19 bits per heavy atom. The Morgan fingerprint density at radius 2 is 1.64 bits per heavy atom. The summed E-state index contributed by atoms with van der Waals surface area (Å²) in [4.78, 5) is 30.9. The fourth-order valence-electron chi connectivity index (χ4n) is 2.77. The molecule has 1 amide bonds. The lowest BCUT2D eigenvalue weighted by Gasteiger charge is -2.20. The van der Waals surface area contributed by atoms with Crippen LogP contribution in [-0.4, -0.2) is 34.4 Å². The van der Waals surface area contributed by atoms with Gasteiger partial charge in [-0.2, -0.15) is 13.2 Å². The molecule has 7 nitrogen and oxygen atoms in total. The zero-order valence-corrected chi connectivity index (χ0v) is 17.3. The van der Waals surface area contributed by atoms with E-state index in [0.29, 0.717) is 18.3 Å². The van der Waals surface area contributed by atoms with Crippen LogP contribution in [0, 0.1) is 11.6 Å². The zero-order valence-electron chi connectivity index (χ0n) is 17.3. The van der Waals surface area contributed by atoms with Crippen molar-refractivity contribution in [2.45, 2.75) is 18.6 Å². The summed E-state index contributed by atoms with van der Waals surface area (Å²) in [5, 5.41) is 2.26. The fourth-order valence-corrected chi connectivity index (χ4v) is 2.77. The molecule has 190 valence electrons. The Balaban J connectivity index is 1.88. The molecule has 0 aliphatic rings. The first kappa shape index (κ1) is 26.3. The van der Waals surface area contributed by atoms with Crippen LogP contribution in [0.2, 0.25) is 0 Å². The number of hydrogen-bond acceptors (Lipinski definition) is 6. The van der Waals surface area contributed by atoms with Gasteiger partial charge >= 0.3 is 18.5 Å². The third-order valence-corrected chi connectivity index (χ3v) is 4.26. The third-order valence-electron chi connectivity index (χ3n) is 4.26. The molecule has 36 heavy (non-hydrogen) atoms. The van der Waals surface area contributed by atoms with E-state index in [4.69, 9.17) is 0 Å². The number of ether oxygens (including phenoxy) is 2. The highest BCUT2D eigenvalue weighted by Gasteiger charge is 2.41. The van der Waals surface area contributed by atoms with Gasteiger partial charge < -0.3 is 14.8 Å². The van der Waals surface area contributed by atoms with Gasteiger partial charge in [-0.25, -0.2) is 18.6 Å². The number of amides is 1. The lowest BCUT2D eigenvalue weighted by Crippen LogP contribution is -2.31. The number of rotatable bonds is 6. The topological polar surface area (TPSA) is 90.4 Å². The quantitative estimate of drug-likeness (QED) is 0.376. The number of carbonyl (C=O) groups excluding carboxylic acids is 2. The molecule has 0 fully saturated rings. The first-order valence-corrected chi connectivity index (χ1v) is 9.46. The van der Waals surface area contributed by atoms with Crippen molar-refractivity contribution in [1.29, 1.82) is 0 Å². The van der Waals surface area contributed by atoms with E-state index in [1.54, 1.807) is 0 Å². The van der Waals surface area contributed by atoms with Gasteiger partial charge in [0.2, 0.25) is 0 Å². The zero-order chi connectivity index (χ0) is 26.7. The number of esters is 1. The monoisotopic (exact) mass is 521 g/mol. The molecule has 0 saturated heterocycles. The molecule has 0 aliphatic heterocycles. The second-order valence-corrected chi connectivity index (χ2v) is 6.78. The highest BCUT2D eigenvalue weighted by molar-refractivity contribution is 5.93. The van der Waals surface area contributed by atoms with E-state index in [0.717, 1.165) is 30.5 Å². The summed E-state index contributed by atoms with van der Waals surface area (Å²) < 4.78 is 110. The maximum absolute atomic E-state index is 14.4. The largest absolute Gasteiger partial charge is 0.573 e. The van der Waals surface area contributed by atoms with Crippen molar-refractivity contribution in [2.24, 2.45) is 0 Å². The SMILES string of the molecule is O=C(N[C@@H](c1ccc(OC(F)(F)F)c(F)c1)c1ncccc1F)c1ccc(OC(=O)C(F)(F)F)cn1. The van der Waals surface area contributed by atoms with Gasteiger partial charge in [-0.1, -0.05) is 6.07 Å². The normalized spacial score (nSPS) is 12.6. The molecular formula is C21H11F8N3O4. The average molecular weight is 521 g/mol. The van der Waals surface area contributed by atoms with Crippen LogP contribution in [-0.2, 0) is 4.79 Å². The molecule has 0 spiro atoms. The first-order chi connectivity index (χ1) is 16.7. The summed E-state index contributed by atoms with van der Waals surface area (Å²) in [5.74, 6) is -7.83. The Hall–Kier alpha value is -4.30. The maximum Gasteiger partial charge on any atom is 0.573 e. The second-order valence-electron chi connectivity index (χ2n) is 6.78. The average Bonchev–Trinajstić information content (AvgIpc) is 2.78. The lowest BCUT2D eigenvalue weighted by atomic mass is 10.0. The van der Waals surface area contributed by atoms with Gasteiger partial charge in [0.25, 0.3) is 5.91 Å². The number of alkyl halides is 6. The van der Waals surface area contributed by atoms with Crippen molar-refractivity contribution in [3.8, 4) is 11.5 Å². The molecule has 1 aromatic carbocycles. The van der Waals surface area contributed by atoms with Crippen LogP contribution in [0.5, 0.6) is 11.5 Å². The van der Waals surface area contributed by atoms with E-state index in [-0.39, 0.29) is 5.56 Å². The second kappa shape index (κ2) is 10.1. The van der Waals surface area contributed by atoms with Crippen molar-refractivity contribution < 1.29 is 54.2 Å². The van der Waals surface area contributed by atoms with E-state index >= 15 is 0 Å². The Kier molecular flexibility index (Phi) is 7.40. The van der Waals surface area contributed by atoms with Crippen LogP contribution < -0.4 is 14.8 Å². The highest BCUT2D eigenvalue weighted by atomic mass is 19.4. The highest BCUT2D eigenvalue weighted by Crippen LogP contribution is 2.30. The number of halogens is 8. The Bertz CT molecular complexity index is 1260. The molecule has 15 heteroatoms. The van der Waals surface area contributed by atoms with E-state index in [1.165, 1.54) is 6.07 Å². The van der Waals surface area contributed by atoms with Gasteiger partial charge in [-0.15, -0.1) is 13.2 Å². The summed E-state index contributed by atoms with van der Waals surface area (Å²) in [6, 6.07) is 4.43. The molecule has 0 saturated carbocycles. The van der Waals surface area contributed by atoms with Crippen molar-refractivity contribution in [2.75, 3.05) is 0 Å². The number of aromatic nitrogens is 2. The summed E-state index contributed by atoms with van der Waals surface area (Å²) in [6.07, 6.45) is -8.68. The molecule has 0 bridgehead atoms. The molecule has 0 radical (unpaired) electrons. The summed E-state index contributed by atoms with van der Waals surface area (Å²) in [5.41, 5.74) is -1.12. The minimum atomic E-state index is -5.27. The fraction of sp³-hybridized carbons (Fsp3) is 0.143. The number of hydrogen-bond donors (Lipinski definition) is 1. The van der Waals surface area contributed by atoms with E-state index in [9.17, 15) is 44.7 Å². The van der Waals surface area contributed by atoms with Crippen LogP contribution in [0.25, 0.3) is 0 Å². The van der Waals surface area contributed by atoms with Crippen LogP contribution >= 0.6 is 0 Å². The van der Waals surface area contributed by atoms with Crippen molar-refractivity contribution in [1.82, 2.24) is 15.3 Å². The molecule has 1 atom stereocenters. The van der Waals surface area contributed by atoms with E-state index < -0.39 is 65.0 Å². The first-order valence-electron chi connectivity index (χ1n) is 9.46. The van der Waals surface area contributed by atoms with Gasteiger partial charge in [0.05, 0.1) is 12.2 Å². The molecule has 1 N–H and O–H groups in total. The number of nitrogens with one attached hydrogen (secondary N) is 1. The van der Waals surface area contributed by atoms with Crippen LogP contribution in [0.1, 0.15) is 27.8 Å². The van der Waals surface area contributed by atoms with Crippen molar-refractivity contribution in [3.63, 3.8) is 0 Å². The van der Waals surface area contributed by atoms with Gasteiger partial charge in [0, 0.05) is 6.20 Å². The molecule has 2 aromatic heterocycles. The number of nitrogens with zero attached hydrogens (tertiary/aromatic N) is 2. The maximum atomic E-state index is 14.4. The summed E-state index contributed by atoms with van der Waals surface area (Å²) >= 11 is 0. The minimum absolute atomic E-state index is 0.233. The number of pyridine rings is 2. The Morgan fingerprint density at radius 1 is 0.917 bits per heavy atom. The predicted molar refractivity (Wildman–Crippen MR) is 103 cm³/mol. The summed E-state index contributed by atoms with van der Waals surface area (Å²) in [6.45, 7) is 0. The van der Waals surface area contributed by atoms with Gasteiger partial charge in [0.15, 0.2) is 11.6 Å². The number of benzene rings is 1. The van der Waals surface area contributed by atoms with Crippen molar-refractivity contribution in [3.05, 3.63) is 83.4 Å². The predicted octanol–water partition coefficient (Wildman–Crippen LogP) is 4.64. The molecule has 0 aliphatic carbocycles. The Labute approximate surface area is 195 Å².